The first-order valence-corrected chi connectivity index (χ1v) is 9.17. The molecule has 1 atom stereocenters. The van der Waals surface area contributed by atoms with Crippen molar-refractivity contribution in [2.24, 2.45) is 5.73 Å². The molecule has 7 heteroatoms. The van der Waals surface area contributed by atoms with Crippen LogP contribution in [0.1, 0.15) is 63.2 Å². The molecule has 0 saturated heterocycles. The summed E-state index contributed by atoms with van der Waals surface area (Å²) in [6.45, 7) is 6.37. The second kappa shape index (κ2) is 6.67. The van der Waals surface area contributed by atoms with E-state index in [0.717, 1.165) is 31.5 Å². The lowest BCUT2D eigenvalue weighted by atomic mass is 9.91. The molecule has 1 fully saturated rings. The van der Waals surface area contributed by atoms with E-state index >= 15 is 0 Å². The Labute approximate surface area is 141 Å². The molecule has 1 aliphatic carbocycles. The molecule has 2 heterocycles. The molecule has 1 aliphatic rings. The highest BCUT2D eigenvalue weighted by atomic mass is 32.1. The molecule has 126 valence electrons. The molecule has 1 unspecified atom stereocenters. The van der Waals surface area contributed by atoms with Crippen molar-refractivity contribution in [1.29, 1.82) is 0 Å². The topological polar surface area (TPSA) is 81.7 Å². The van der Waals surface area contributed by atoms with Gasteiger partial charge in [-0.15, -0.1) is 16.4 Å². The van der Waals surface area contributed by atoms with E-state index in [0.29, 0.717) is 12.1 Å². The normalized spacial score (nSPS) is 23.8. The highest BCUT2D eigenvalue weighted by molar-refractivity contribution is 7.10. The van der Waals surface area contributed by atoms with Crippen LogP contribution in [0.4, 0.5) is 0 Å². The summed E-state index contributed by atoms with van der Waals surface area (Å²) in [4.78, 5) is 1.25. The molecule has 3 rings (SSSR count). The van der Waals surface area contributed by atoms with Gasteiger partial charge in [-0.2, -0.15) is 0 Å². The summed E-state index contributed by atoms with van der Waals surface area (Å²) in [7, 11) is 0. The molecule has 23 heavy (non-hydrogen) atoms. The third kappa shape index (κ3) is 3.79. The van der Waals surface area contributed by atoms with Crippen LogP contribution in [0.2, 0.25) is 0 Å². The number of nitrogens with one attached hydrogen (secondary N) is 1. The number of tetrazole rings is 1. The Balaban J connectivity index is 1.87. The number of aromatic nitrogens is 4. The van der Waals surface area contributed by atoms with Crippen LogP contribution in [0.5, 0.6) is 0 Å². The monoisotopic (exact) mass is 334 g/mol. The molecule has 0 aliphatic heterocycles. The van der Waals surface area contributed by atoms with Gasteiger partial charge in [0, 0.05) is 17.0 Å². The van der Waals surface area contributed by atoms with Crippen LogP contribution in [0.25, 0.3) is 0 Å². The number of nitrogens with zero attached hydrogens (tertiary/aromatic N) is 4. The first-order chi connectivity index (χ1) is 10.9. The van der Waals surface area contributed by atoms with Crippen LogP contribution in [-0.4, -0.2) is 32.3 Å². The molecular weight excluding hydrogens is 308 g/mol. The standard InChI is InChI=1S/C16H26N6S/c1-16(2,3)22-15(19-20-21-22)14(13-5-4-10-23-13)18-12-8-6-11(17)7-9-12/h4-5,10-12,14,18H,6-9,17H2,1-3H3. The van der Waals surface area contributed by atoms with E-state index in [1.165, 1.54) is 4.88 Å². The molecule has 2 aromatic heterocycles. The molecule has 0 radical (unpaired) electrons. The van der Waals surface area contributed by atoms with E-state index in [-0.39, 0.29) is 11.6 Å². The first-order valence-electron chi connectivity index (χ1n) is 8.29. The Morgan fingerprint density at radius 1 is 1.30 bits per heavy atom. The molecule has 0 bridgehead atoms. The molecule has 6 nitrogen and oxygen atoms in total. The lowest BCUT2D eigenvalue weighted by molar-refractivity contribution is 0.298. The average molecular weight is 334 g/mol. The number of rotatable bonds is 4. The van der Waals surface area contributed by atoms with Crippen molar-refractivity contribution in [3.8, 4) is 0 Å². The minimum absolute atomic E-state index is 0.0311. The Morgan fingerprint density at radius 2 is 2.04 bits per heavy atom. The van der Waals surface area contributed by atoms with Crippen LogP contribution >= 0.6 is 11.3 Å². The van der Waals surface area contributed by atoms with Crippen molar-refractivity contribution in [3.63, 3.8) is 0 Å². The predicted molar refractivity (Wildman–Crippen MR) is 92.3 cm³/mol. The Bertz CT molecular complexity index is 607. The van der Waals surface area contributed by atoms with Crippen molar-refractivity contribution in [3.05, 3.63) is 28.2 Å². The van der Waals surface area contributed by atoms with Gasteiger partial charge in [-0.3, -0.25) is 0 Å². The molecule has 3 N–H and O–H groups in total. The molecule has 0 aromatic carbocycles. The predicted octanol–water partition coefficient (Wildman–Crippen LogP) is 2.44. The third-order valence-corrected chi connectivity index (χ3v) is 5.33. The van der Waals surface area contributed by atoms with E-state index < -0.39 is 0 Å². The molecule has 0 spiro atoms. The van der Waals surface area contributed by atoms with Crippen molar-refractivity contribution >= 4 is 11.3 Å². The SMILES string of the molecule is CC(C)(C)n1nnnc1C(NC1CCC(N)CC1)c1cccs1. The van der Waals surface area contributed by atoms with Gasteiger partial charge in [0.1, 0.15) is 6.04 Å². The van der Waals surface area contributed by atoms with Crippen LogP contribution in [0.3, 0.4) is 0 Å². The van der Waals surface area contributed by atoms with E-state index in [1.807, 2.05) is 4.68 Å². The van der Waals surface area contributed by atoms with Crippen LogP contribution in [0, 0.1) is 0 Å². The fraction of sp³-hybridized carbons (Fsp3) is 0.688. The second-order valence-electron chi connectivity index (χ2n) is 7.35. The molecular formula is C16H26N6S. The van der Waals surface area contributed by atoms with Gasteiger partial charge in [0.05, 0.1) is 5.54 Å². The van der Waals surface area contributed by atoms with Gasteiger partial charge in [-0.1, -0.05) is 6.07 Å². The fourth-order valence-electron chi connectivity index (χ4n) is 3.11. The van der Waals surface area contributed by atoms with Crippen LogP contribution in [-0.2, 0) is 5.54 Å². The quantitative estimate of drug-likeness (QED) is 0.897. The van der Waals surface area contributed by atoms with E-state index in [9.17, 15) is 0 Å². The van der Waals surface area contributed by atoms with Gasteiger partial charge < -0.3 is 11.1 Å². The largest absolute Gasteiger partial charge is 0.328 e. The van der Waals surface area contributed by atoms with Gasteiger partial charge >= 0.3 is 0 Å². The van der Waals surface area contributed by atoms with Crippen molar-refractivity contribution in [2.75, 3.05) is 0 Å². The molecule has 0 amide bonds. The van der Waals surface area contributed by atoms with Crippen molar-refractivity contribution < 1.29 is 0 Å². The third-order valence-electron chi connectivity index (χ3n) is 4.39. The highest BCUT2D eigenvalue weighted by Crippen LogP contribution is 2.29. The Morgan fingerprint density at radius 3 is 2.65 bits per heavy atom. The highest BCUT2D eigenvalue weighted by Gasteiger charge is 2.30. The van der Waals surface area contributed by atoms with Gasteiger partial charge in [-0.25, -0.2) is 4.68 Å². The van der Waals surface area contributed by atoms with E-state index in [4.69, 9.17) is 5.73 Å². The second-order valence-corrected chi connectivity index (χ2v) is 8.33. The average Bonchev–Trinajstić information content (AvgIpc) is 3.17. The molecule has 1 saturated carbocycles. The van der Waals surface area contributed by atoms with Gasteiger partial charge in [-0.05, 0) is 68.3 Å². The lowest BCUT2D eigenvalue weighted by Crippen LogP contribution is -2.41. The Hall–Kier alpha value is -1.31. The van der Waals surface area contributed by atoms with Crippen molar-refractivity contribution in [1.82, 2.24) is 25.5 Å². The van der Waals surface area contributed by atoms with Gasteiger partial charge in [0.2, 0.25) is 0 Å². The maximum absolute atomic E-state index is 6.04. The summed E-state index contributed by atoms with van der Waals surface area (Å²) in [6, 6.07) is 5.08. The maximum atomic E-state index is 6.04. The lowest BCUT2D eigenvalue weighted by Gasteiger charge is -2.31. The zero-order valence-electron chi connectivity index (χ0n) is 14.1. The van der Waals surface area contributed by atoms with E-state index in [1.54, 1.807) is 11.3 Å². The molecule has 2 aromatic rings. The number of hydrogen-bond donors (Lipinski definition) is 2. The number of thiophene rings is 1. The minimum atomic E-state index is -0.148. The zero-order valence-corrected chi connectivity index (χ0v) is 14.9. The summed E-state index contributed by atoms with van der Waals surface area (Å²) in [5, 5.41) is 18.4. The minimum Gasteiger partial charge on any atom is -0.328 e. The summed E-state index contributed by atoms with van der Waals surface area (Å²) in [5.74, 6) is 0.884. The zero-order chi connectivity index (χ0) is 16.4. The van der Waals surface area contributed by atoms with Crippen LogP contribution < -0.4 is 11.1 Å². The van der Waals surface area contributed by atoms with Gasteiger partial charge in [0.15, 0.2) is 5.82 Å². The first kappa shape index (κ1) is 16.5. The summed E-state index contributed by atoms with van der Waals surface area (Å²) < 4.78 is 1.93. The van der Waals surface area contributed by atoms with Crippen molar-refractivity contribution in [2.45, 2.75) is 70.1 Å². The summed E-state index contributed by atoms with van der Waals surface area (Å²) >= 11 is 1.74. The smallest absolute Gasteiger partial charge is 0.174 e. The number of nitrogens with two attached hydrogens (primary N) is 1. The van der Waals surface area contributed by atoms with E-state index in [2.05, 4.69) is 59.1 Å². The Kier molecular flexibility index (Phi) is 4.79. The summed E-state index contributed by atoms with van der Waals surface area (Å²) in [6.07, 6.45) is 4.39. The summed E-state index contributed by atoms with van der Waals surface area (Å²) in [5.41, 5.74) is 5.89. The fourth-order valence-corrected chi connectivity index (χ4v) is 3.89. The maximum Gasteiger partial charge on any atom is 0.174 e. The van der Waals surface area contributed by atoms with Gasteiger partial charge in [0.25, 0.3) is 0 Å². The van der Waals surface area contributed by atoms with Crippen LogP contribution in [0.15, 0.2) is 17.5 Å². The number of hydrogen-bond acceptors (Lipinski definition) is 6.